The fourth-order valence-electron chi connectivity index (χ4n) is 1.27. The summed E-state index contributed by atoms with van der Waals surface area (Å²) in [7, 11) is 1.51. The predicted octanol–water partition coefficient (Wildman–Crippen LogP) is 1.04. The lowest BCUT2D eigenvalue weighted by Crippen LogP contribution is -2.09. The van der Waals surface area contributed by atoms with Crippen molar-refractivity contribution in [1.29, 1.82) is 0 Å². The summed E-state index contributed by atoms with van der Waals surface area (Å²) in [5.41, 5.74) is 0.782. The second kappa shape index (κ2) is 5.09. The number of ketones is 1. The molecular weight excluding hydrogens is 226 g/mol. The lowest BCUT2D eigenvalue weighted by atomic mass is 10.5. The molecule has 0 aliphatic carbocycles. The average Bonchev–Trinajstić information content (AvgIpc) is 2.70. The summed E-state index contributed by atoms with van der Waals surface area (Å²) >= 11 is 1.36. The number of nitrogens with zero attached hydrogens (tertiary/aromatic N) is 3. The van der Waals surface area contributed by atoms with Gasteiger partial charge >= 0.3 is 0 Å². The van der Waals surface area contributed by atoms with E-state index >= 15 is 0 Å². The molecule has 2 aromatic rings. The molecule has 0 bridgehead atoms. The second-order valence-corrected chi connectivity index (χ2v) is 4.11. The third-order valence-corrected chi connectivity index (χ3v) is 2.95. The zero-order chi connectivity index (χ0) is 11.4. The molecule has 0 amide bonds. The first-order valence-corrected chi connectivity index (χ1v) is 5.73. The van der Waals surface area contributed by atoms with Crippen molar-refractivity contribution >= 4 is 23.2 Å². The molecule has 0 unspecified atom stereocenters. The van der Waals surface area contributed by atoms with Gasteiger partial charge < -0.3 is 4.74 Å². The summed E-state index contributed by atoms with van der Waals surface area (Å²) in [6.45, 7) is 0.143. The number of Topliss-reactive ketones (excluding diaryl/α,β-unsaturated/α-hetero) is 1. The van der Waals surface area contributed by atoms with Gasteiger partial charge in [0.15, 0.2) is 16.6 Å². The van der Waals surface area contributed by atoms with Gasteiger partial charge in [0.05, 0.1) is 5.75 Å². The van der Waals surface area contributed by atoms with E-state index in [0.29, 0.717) is 5.75 Å². The molecule has 0 fully saturated rings. The van der Waals surface area contributed by atoms with Crippen LogP contribution in [0.3, 0.4) is 0 Å². The van der Waals surface area contributed by atoms with Gasteiger partial charge in [0.2, 0.25) is 0 Å². The first kappa shape index (κ1) is 11.1. The highest BCUT2D eigenvalue weighted by Gasteiger charge is 2.08. The number of aromatic nitrogens is 3. The monoisotopic (exact) mass is 237 g/mol. The van der Waals surface area contributed by atoms with Gasteiger partial charge in [-0.2, -0.15) is 0 Å². The molecule has 2 aromatic heterocycles. The molecule has 0 N–H and O–H groups in total. The minimum atomic E-state index is 0.0418. The molecule has 6 heteroatoms. The minimum Gasteiger partial charge on any atom is -0.377 e. The number of rotatable bonds is 5. The summed E-state index contributed by atoms with van der Waals surface area (Å²) < 4.78 is 6.61. The fourth-order valence-corrected chi connectivity index (χ4v) is 2.03. The van der Waals surface area contributed by atoms with E-state index in [1.165, 1.54) is 18.9 Å². The highest BCUT2D eigenvalue weighted by atomic mass is 32.2. The molecule has 0 saturated heterocycles. The molecule has 0 radical (unpaired) electrons. The number of hydrogen-bond acceptors (Lipinski definition) is 5. The van der Waals surface area contributed by atoms with Crippen molar-refractivity contribution in [3.05, 3.63) is 24.4 Å². The van der Waals surface area contributed by atoms with Crippen LogP contribution in [-0.2, 0) is 9.53 Å². The summed E-state index contributed by atoms with van der Waals surface area (Å²) in [6, 6.07) is 5.67. The Kier molecular flexibility index (Phi) is 3.53. The highest BCUT2D eigenvalue weighted by Crippen LogP contribution is 2.16. The maximum Gasteiger partial charge on any atom is 0.196 e. The lowest BCUT2D eigenvalue weighted by molar-refractivity contribution is -0.120. The zero-order valence-corrected chi connectivity index (χ0v) is 9.61. The van der Waals surface area contributed by atoms with E-state index in [9.17, 15) is 4.79 Å². The van der Waals surface area contributed by atoms with Crippen molar-refractivity contribution in [2.45, 2.75) is 5.16 Å². The van der Waals surface area contributed by atoms with Crippen LogP contribution in [0, 0.1) is 0 Å². The second-order valence-electron chi connectivity index (χ2n) is 3.17. The Morgan fingerprint density at radius 1 is 1.50 bits per heavy atom. The predicted molar refractivity (Wildman–Crippen MR) is 60.6 cm³/mol. The van der Waals surface area contributed by atoms with E-state index < -0.39 is 0 Å². The van der Waals surface area contributed by atoms with Gasteiger partial charge in [-0.1, -0.05) is 17.8 Å². The van der Waals surface area contributed by atoms with Gasteiger partial charge in [-0.25, -0.2) is 0 Å². The van der Waals surface area contributed by atoms with Crippen LogP contribution < -0.4 is 0 Å². The first-order valence-electron chi connectivity index (χ1n) is 4.74. The number of pyridine rings is 1. The molecule has 0 aromatic carbocycles. The van der Waals surface area contributed by atoms with E-state index in [4.69, 9.17) is 4.74 Å². The Morgan fingerprint density at radius 3 is 3.19 bits per heavy atom. The third-order valence-electron chi connectivity index (χ3n) is 1.95. The highest BCUT2D eigenvalue weighted by molar-refractivity contribution is 7.99. The van der Waals surface area contributed by atoms with Crippen molar-refractivity contribution in [2.75, 3.05) is 19.5 Å². The van der Waals surface area contributed by atoms with Crippen LogP contribution in [0.2, 0.25) is 0 Å². The maximum absolute atomic E-state index is 11.3. The molecule has 0 atom stereocenters. The Balaban J connectivity index is 2.07. The van der Waals surface area contributed by atoms with Gasteiger partial charge in [-0.15, -0.1) is 10.2 Å². The Bertz CT molecular complexity index is 498. The normalized spacial score (nSPS) is 10.8. The van der Waals surface area contributed by atoms with Crippen LogP contribution >= 0.6 is 11.8 Å². The molecule has 0 saturated carbocycles. The number of hydrogen-bond donors (Lipinski definition) is 0. The summed E-state index contributed by atoms with van der Waals surface area (Å²) in [5, 5.41) is 8.72. The molecule has 2 rings (SSSR count). The van der Waals surface area contributed by atoms with Crippen molar-refractivity contribution in [1.82, 2.24) is 14.6 Å². The van der Waals surface area contributed by atoms with Gasteiger partial charge in [0.1, 0.15) is 6.61 Å². The standard InChI is InChI=1S/C10H11N3O2S/c1-15-6-8(14)7-16-10-12-11-9-4-2-3-5-13(9)10/h2-5H,6-7H2,1H3. The molecule has 0 aliphatic heterocycles. The Labute approximate surface area is 96.8 Å². The zero-order valence-electron chi connectivity index (χ0n) is 8.79. The first-order chi connectivity index (χ1) is 7.81. The molecular formula is C10H11N3O2S. The SMILES string of the molecule is COCC(=O)CSc1nnc2ccccn12. The number of carbonyl (C=O) groups excluding carboxylic acids is 1. The lowest BCUT2D eigenvalue weighted by Gasteiger charge is -1.98. The molecule has 16 heavy (non-hydrogen) atoms. The van der Waals surface area contributed by atoms with Gasteiger partial charge in [0, 0.05) is 13.3 Å². The number of thioether (sulfide) groups is 1. The van der Waals surface area contributed by atoms with Crippen molar-refractivity contribution in [3.8, 4) is 0 Å². The summed E-state index contributed by atoms with van der Waals surface area (Å²) in [6.07, 6.45) is 1.87. The number of methoxy groups -OCH3 is 1. The largest absolute Gasteiger partial charge is 0.377 e. The van der Waals surface area contributed by atoms with E-state index in [0.717, 1.165) is 10.8 Å². The number of carbonyl (C=O) groups is 1. The fraction of sp³-hybridized carbons (Fsp3) is 0.300. The van der Waals surface area contributed by atoms with Crippen molar-refractivity contribution < 1.29 is 9.53 Å². The van der Waals surface area contributed by atoms with Crippen LogP contribution in [-0.4, -0.2) is 39.9 Å². The van der Waals surface area contributed by atoms with E-state index in [2.05, 4.69) is 10.2 Å². The van der Waals surface area contributed by atoms with Gasteiger partial charge in [-0.3, -0.25) is 9.20 Å². The van der Waals surface area contributed by atoms with E-state index in [-0.39, 0.29) is 12.4 Å². The van der Waals surface area contributed by atoms with Crippen LogP contribution in [0.25, 0.3) is 5.65 Å². The summed E-state index contributed by atoms with van der Waals surface area (Å²) in [5.74, 6) is 0.393. The molecule has 84 valence electrons. The van der Waals surface area contributed by atoms with Gasteiger partial charge in [-0.05, 0) is 12.1 Å². The molecule has 0 aliphatic rings. The molecule has 0 spiro atoms. The van der Waals surface area contributed by atoms with Crippen LogP contribution in [0.15, 0.2) is 29.6 Å². The number of ether oxygens (including phenoxy) is 1. The van der Waals surface area contributed by atoms with Crippen molar-refractivity contribution in [3.63, 3.8) is 0 Å². The maximum atomic E-state index is 11.3. The quantitative estimate of drug-likeness (QED) is 0.727. The smallest absolute Gasteiger partial charge is 0.196 e. The van der Waals surface area contributed by atoms with Crippen LogP contribution in [0.4, 0.5) is 0 Å². The van der Waals surface area contributed by atoms with Gasteiger partial charge in [0.25, 0.3) is 0 Å². The molecule has 2 heterocycles. The Hall–Kier alpha value is -1.40. The summed E-state index contributed by atoms with van der Waals surface area (Å²) in [4.78, 5) is 11.3. The minimum absolute atomic E-state index is 0.0418. The molecule has 5 nitrogen and oxygen atoms in total. The average molecular weight is 237 g/mol. The van der Waals surface area contributed by atoms with Crippen LogP contribution in [0.1, 0.15) is 0 Å². The van der Waals surface area contributed by atoms with E-state index in [1.807, 2.05) is 28.8 Å². The third kappa shape index (κ3) is 2.40. The van der Waals surface area contributed by atoms with Crippen molar-refractivity contribution in [2.24, 2.45) is 0 Å². The topological polar surface area (TPSA) is 56.5 Å². The van der Waals surface area contributed by atoms with E-state index in [1.54, 1.807) is 0 Å². The number of fused-ring (bicyclic) bond motifs is 1. The Morgan fingerprint density at radius 2 is 2.38 bits per heavy atom. The van der Waals surface area contributed by atoms with Crippen LogP contribution in [0.5, 0.6) is 0 Å².